The Morgan fingerprint density at radius 1 is 1.05 bits per heavy atom. The summed E-state index contributed by atoms with van der Waals surface area (Å²) in [6, 6.07) is 3.90. The first-order valence-corrected chi connectivity index (χ1v) is 6.79. The summed E-state index contributed by atoms with van der Waals surface area (Å²) in [6.07, 6.45) is 2.11. The van der Waals surface area contributed by atoms with Crippen molar-refractivity contribution < 1.29 is 14.2 Å². The molecule has 1 aromatic carbocycles. The number of hydrogen-bond donors (Lipinski definition) is 1. The van der Waals surface area contributed by atoms with Gasteiger partial charge in [-0.05, 0) is 50.6 Å². The Morgan fingerprint density at radius 2 is 1.68 bits per heavy atom. The van der Waals surface area contributed by atoms with E-state index < -0.39 is 0 Å². The lowest BCUT2D eigenvalue weighted by Crippen LogP contribution is -2.18. The first-order chi connectivity index (χ1) is 9.22. The number of rotatable bonds is 9. The summed E-state index contributed by atoms with van der Waals surface area (Å²) < 4.78 is 16.5. The minimum atomic E-state index is 0.645. The predicted octanol–water partition coefficient (Wildman–Crippen LogP) is 2.78. The van der Waals surface area contributed by atoms with Crippen LogP contribution < -0.4 is 19.5 Å². The molecule has 0 spiro atoms. The van der Waals surface area contributed by atoms with Crippen LogP contribution in [-0.4, -0.2) is 33.9 Å². The molecule has 4 heteroatoms. The smallest absolute Gasteiger partial charge is 0.203 e. The molecule has 0 heterocycles. The molecule has 1 N–H and O–H groups in total. The second-order valence-electron chi connectivity index (χ2n) is 4.45. The number of benzene rings is 1. The van der Waals surface area contributed by atoms with Gasteiger partial charge in [-0.25, -0.2) is 0 Å². The second kappa shape index (κ2) is 8.64. The average Bonchev–Trinajstić information content (AvgIpc) is 2.43. The number of ether oxygens (including phenoxy) is 3. The molecule has 0 bridgehead atoms. The summed E-state index contributed by atoms with van der Waals surface area (Å²) in [5, 5.41) is 3.35. The molecule has 0 aliphatic rings. The van der Waals surface area contributed by atoms with Gasteiger partial charge in [-0.1, -0.05) is 6.92 Å². The monoisotopic (exact) mass is 267 g/mol. The van der Waals surface area contributed by atoms with Crippen molar-refractivity contribution in [3.63, 3.8) is 0 Å². The minimum Gasteiger partial charge on any atom is -0.493 e. The highest BCUT2D eigenvalue weighted by molar-refractivity contribution is 5.53. The molecule has 0 unspecified atom stereocenters. The van der Waals surface area contributed by atoms with Crippen LogP contribution in [0.15, 0.2) is 12.1 Å². The lowest BCUT2D eigenvalue weighted by atomic mass is 10.2. The third-order valence-electron chi connectivity index (χ3n) is 2.78. The predicted molar refractivity (Wildman–Crippen MR) is 77.6 cm³/mol. The molecule has 108 valence electrons. The number of methoxy groups -OCH3 is 2. The van der Waals surface area contributed by atoms with Crippen LogP contribution in [0.2, 0.25) is 0 Å². The van der Waals surface area contributed by atoms with Crippen molar-refractivity contribution in [2.45, 2.75) is 26.7 Å². The van der Waals surface area contributed by atoms with Crippen molar-refractivity contribution in [3.05, 3.63) is 17.7 Å². The SMILES string of the molecule is CCCNCCCOc1c(OC)cc(C)cc1OC. The van der Waals surface area contributed by atoms with Gasteiger partial charge in [0.15, 0.2) is 11.5 Å². The molecule has 1 rings (SSSR count). The highest BCUT2D eigenvalue weighted by atomic mass is 16.5. The van der Waals surface area contributed by atoms with Crippen LogP contribution in [0.1, 0.15) is 25.3 Å². The van der Waals surface area contributed by atoms with Crippen molar-refractivity contribution in [3.8, 4) is 17.2 Å². The van der Waals surface area contributed by atoms with E-state index in [0.29, 0.717) is 12.4 Å². The van der Waals surface area contributed by atoms with Crippen molar-refractivity contribution in [1.29, 1.82) is 0 Å². The zero-order valence-corrected chi connectivity index (χ0v) is 12.4. The lowest BCUT2D eigenvalue weighted by molar-refractivity contribution is 0.269. The van der Waals surface area contributed by atoms with E-state index in [4.69, 9.17) is 14.2 Å². The Kier molecular flexibility index (Phi) is 7.11. The van der Waals surface area contributed by atoms with Crippen LogP contribution in [0.4, 0.5) is 0 Å². The summed E-state index contributed by atoms with van der Waals surface area (Å²) in [4.78, 5) is 0. The second-order valence-corrected chi connectivity index (χ2v) is 4.45. The molecule has 0 amide bonds. The van der Waals surface area contributed by atoms with Crippen molar-refractivity contribution in [1.82, 2.24) is 5.32 Å². The summed E-state index contributed by atoms with van der Waals surface area (Å²) in [5.41, 5.74) is 1.09. The van der Waals surface area contributed by atoms with Gasteiger partial charge >= 0.3 is 0 Å². The molecular formula is C15H25NO3. The molecule has 0 atom stereocenters. The fraction of sp³-hybridized carbons (Fsp3) is 0.600. The largest absolute Gasteiger partial charge is 0.493 e. The summed E-state index contributed by atoms with van der Waals surface area (Å²) in [7, 11) is 3.29. The first kappa shape index (κ1) is 15.6. The minimum absolute atomic E-state index is 0.645. The van der Waals surface area contributed by atoms with E-state index in [-0.39, 0.29) is 0 Å². The topological polar surface area (TPSA) is 39.7 Å². The van der Waals surface area contributed by atoms with E-state index in [9.17, 15) is 0 Å². The van der Waals surface area contributed by atoms with E-state index in [0.717, 1.165) is 43.0 Å². The van der Waals surface area contributed by atoms with Gasteiger partial charge in [0.2, 0.25) is 5.75 Å². The van der Waals surface area contributed by atoms with Gasteiger partial charge in [0, 0.05) is 0 Å². The Hall–Kier alpha value is -1.42. The van der Waals surface area contributed by atoms with Crippen molar-refractivity contribution in [2.24, 2.45) is 0 Å². The van der Waals surface area contributed by atoms with Crippen LogP contribution in [0.25, 0.3) is 0 Å². The molecule has 0 aliphatic heterocycles. The number of hydrogen-bond acceptors (Lipinski definition) is 4. The van der Waals surface area contributed by atoms with Crippen molar-refractivity contribution >= 4 is 0 Å². The van der Waals surface area contributed by atoms with E-state index in [1.165, 1.54) is 0 Å². The Morgan fingerprint density at radius 3 is 2.21 bits per heavy atom. The molecule has 0 saturated carbocycles. The quantitative estimate of drug-likeness (QED) is 0.698. The Balaban J connectivity index is 2.56. The number of aryl methyl sites for hydroxylation is 1. The molecule has 0 aliphatic carbocycles. The Bertz CT molecular complexity index is 355. The maximum atomic E-state index is 5.80. The zero-order chi connectivity index (χ0) is 14.1. The zero-order valence-electron chi connectivity index (χ0n) is 12.4. The standard InChI is InChI=1S/C15H25NO3/c1-5-7-16-8-6-9-19-15-13(17-3)10-12(2)11-14(15)18-4/h10-11,16H,5-9H2,1-4H3. The van der Waals surface area contributed by atoms with Crippen LogP contribution in [-0.2, 0) is 0 Å². The lowest BCUT2D eigenvalue weighted by Gasteiger charge is -2.15. The highest BCUT2D eigenvalue weighted by Gasteiger charge is 2.12. The van der Waals surface area contributed by atoms with E-state index in [1.54, 1.807) is 14.2 Å². The van der Waals surface area contributed by atoms with E-state index in [2.05, 4.69) is 12.2 Å². The Labute approximate surface area is 116 Å². The van der Waals surface area contributed by atoms with Crippen LogP contribution >= 0.6 is 0 Å². The van der Waals surface area contributed by atoms with Crippen LogP contribution in [0.3, 0.4) is 0 Å². The van der Waals surface area contributed by atoms with Crippen LogP contribution in [0.5, 0.6) is 17.2 Å². The van der Waals surface area contributed by atoms with Gasteiger partial charge in [0.25, 0.3) is 0 Å². The van der Waals surface area contributed by atoms with Gasteiger partial charge in [-0.3, -0.25) is 0 Å². The summed E-state index contributed by atoms with van der Waals surface area (Å²) in [5.74, 6) is 2.13. The molecule has 19 heavy (non-hydrogen) atoms. The maximum absolute atomic E-state index is 5.80. The molecule has 0 saturated heterocycles. The number of nitrogens with one attached hydrogen (secondary N) is 1. The van der Waals surface area contributed by atoms with Crippen LogP contribution in [0, 0.1) is 6.92 Å². The first-order valence-electron chi connectivity index (χ1n) is 6.79. The van der Waals surface area contributed by atoms with Crippen molar-refractivity contribution in [2.75, 3.05) is 33.9 Å². The molecule has 0 aromatic heterocycles. The average molecular weight is 267 g/mol. The fourth-order valence-corrected chi connectivity index (χ4v) is 1.83. The fourth-order valence-electron chi connectivity index (χ4n) is 1.83. The van der Waals surface area contributed by atoms with Gasteiger partial charge in [0.05, 0.1) is 20.8 Å². The molecular weight excluding hydrogens is 242 g/mol. The van der Waals surface area contributed by atoms with Gasteiger partial charge in [-0.2, -0.15) is 0 Å². The summed E-state index contributed by atoms with van der Waals surface area (Å²) >= 11 is 0. The molecule has 4 nitrogen and oxygen atoms in total. The molecule has 0 radical (unpaired) electrons. The highest BCUT2D eigenvalue weighted by Crippen LogP contribution is 2.38. The van der Waals surface area contributed by atoms with Gasteiger partial charge in [0.1, 0.15) is 0 Å². The maximum Gasteiger partial charge on any atom is 0.203 e. The third kappa shape index (κ3) is 4.99. The van der Waals surface area contributed by atoms with E-state index >= 15 is 0 Å². The van der Waals surface area contributed by atoms with Gasteiger partial charge < -0.3 is 19.5 Å². The van der Waals surface area contributed by atoms with Gasteiger partial charge in [-0.15, -0.1) is 0 Å². The van der Waals surface area contributed by atoms with E-state index in [1.807, 2.05) is 19.1 Å². The summed E-state index contributed by atoms with van der Waals surface area (Å²) in [6.45, 7) is 6.82. The third-order valence-corrected chi connectivity index (χ3v) is 2.78. The normalized spacial score (nSPS) is 10.3. The molecule has 1 aromatic rings. The molecule has 0 fully saturated rings.